The van der Waals surface area contributed by atoms with Crippen LogP contribution in [0, 0.1) is 27.9 Å². The van der Waals surface area contributed by atoms with Crippen LogP contribution in [0.1, 0.15) is 25.7 Å². The standard InChI is InChI=1S/C12H16N2O3/c15-11-4-3-10(14(16)17)12(13-11)9-6-7-1-2-8(9)5-7/h1-2,7-10,12H,3-6H2,(H,13,15)/t7-,8-,9+,10-,12-/m0/s1. The molecule has 0 unspecified atom stereocenters. The van der Waals surface area contributed by atoms with Gasteiger partial charge in [-0.3, -0.25) is 14.9 Å². The predicted molar refractivity (Wildman–Crippen MR) is 60.8 cm³/mol. The zero-order chi connectivity index (χ0) is 12.0. The van der Waals surface area contributed by atoms with Crippen LogP contribution in [-0.2, 0) is 4.79 Å². The first kappa shape index (κ1) is 10.7. The lowest BCUT2D eigenvalue weighted by Crippen LogP contribution is -2.55. The van der Waals surface area contributed by atoms with Gasteiger partial charge >= 0.3 is 0 Å². The summed E-state index contributed by atoms with van der Waals surface area (Å²) in [5, 5.41) is 13.9. The SMILES string of the molecule is O=C1CC[C@H]([N+](=O)[O-])[C@H]([C@@H]2C[C@H]3C=C[C@H]2C3)N1. The van der Waals surface area contributed by atoms with Crippen molar-refractivity contribution >= 4 is 5.91 Å². The van der Waals surface area contributed by atoms with Crippen molar-refractivity contribution in [3.05, 3.63) is 22.3 Å². The van der Waals surface area contributed by atoms with E-state index in [-0.39, 0.29) is 22.8 Å². The molecule has 1 N–H and O–H groups in total. The fourth-order valence-electron chi connectivity index (χ4n) is 3.68. The third-order valence-corrected chi connectivity index (χ3v) is 4.47. The minimum Gasteiger partial charge on any atom is -0.346 e. The van der Waals surface area contributed by atoms with Crippen LogP contribution in [0.25, 0.3) is 0 Å². The van der Waals surface area contributed by atoms with E-state index in [1.54, 1.807) is 0 Å². The van der Waals surface area contributed by atoms with Crippen LogP contribution in [0.15, 0.2) is 12.2 Å². The van der Waals surface area contributed by atoms with Crippen LogP contribution >= 0.6 is 0 Å². The van der Waals surface area contributed by atoms with E-state index in [0.717, 1.165) is 12.8 Å². The van der Waals surface area contributed by atoms with Crippen molar-refractivity contribution < 1.29 is 9.72 Å². The van der Waals surface area contributed by atoms with Gasteiger partial charge in [-0.1, -0.05) is 12.2 Å². The zero-order valence-electron chi connectivity index (χ0n) is 9.54. The van der Waals surface area contributed by atoms with E-state index in [9.17, 15) is 14.9 Å². The molecule has 1 amide bonds. The highest BCUT2D eigenvalue weighted by Crippen LogP contribution is 2.46. The zero-order valence-corrected chi connectivity index (χ0v) is 9.54. The molecule has 3 aliphatic rings. The van der Waals surface area contributed by atoms with Crippen LogP contribution in [-0.4, -0.2) is 22.9 Å². The summed E-state index contributed by atoms with van der Waals surface area (Å²) in [7, 11) is 0. The van der Waals surface area contributed by atoms with Gasteiger partial charge in [-0.25, -0.2) is 0 Å². The molecule has 0 radical (unpaired) electrons. The van der Waals surface area contributed by atoms with Gasteiger partial charge in [-0.2, -0.15) is 0 Å². The molecule has 0 aromatic rings. The van der Waals surface area contributed by atoms with Crippen molar-refractivity contribution in [3.8, 4) is 0 Å². The van der Waals surface area contributed by atoms with Crippen molar-refractivity contribution in [2.45, 2.75) is 37.8 Å². The molecule has 1 heterocycles. The minimum absolute atomic E-state index is 0.0279. The first-order valence-corrected chi connectivity index (χ1v) is 6.26. The first-order valence-electron chi connectivity index (χ1n) is 6.26. The van der Waals surface area contributed by atoms with Crippen molar-refractivity contribution in [1.29, 1.82) is 0 Å². The Balaban J connectivity index is 1.80. The summed E-state index contributed by atoms with van der Waals surface area (Å²) in [5.74, 6) is 1.26. The summed E-state index contributed by atoms with van der Waals surface area (Å²) in [6.07, 6.45) is 7.18. The lowest BCUT2D eigenvalue weighted by Gasteiger charge is -2.33. The normalized spacial score (nSPS) is 43.8. The van der Waals surface area contributed by atoms with Gasteiger partial charge in [0, 0.05) is 17.8 Å². The first-order chi connectivity index (χ1) is 8.15. The molecule has 2 fully saturated rings. The fraction of sp³-hybridized carbons (Fsp3) is 0.750. The second kappa shape index (κ2) is 3.82. The van der Waals surface area contributed by atoms with Crippen molar-refractivity contribution in [2.24, 2.45) is 17.8 Å². The highest BCUT2D eigenvalue weighted by atomic mass is 16.6. The van der Waals surface area contributed by atoms with Gasteiger partial charge in [-0.05, 0) is 30.6 Å². The Kier molecular flexibility index (Phi) is 2.42. The summed E-state index contributed by atoms with van der Waals surface area (Å²) in [4.78, 5) is 22.3. The average molecular weight is 236 g/mol. The molecule has 2 bridgehead atoms. The number of hydrogen-bond donors (Lipinski definition) is 1. The maximum atomic E-state index is 11.5. The van der Waals surface area contributed by atoms with E-state index in [1.807, 2.05) is 0 Å². The molecule has 0 aromatic heterocycles. The number of carbonyl (C=O) groups is 1. The molecule has 3 rings (SSSR count). The van der Waals surface area contributed by atoms with Crippen molar-refractivity contribution in [2.75, 3.05) is 0 Å². The topological polar surface area (TPSA) is 72.2 Å². The molecule has 1 saturated heterocycles. The number of nitro groups is 1. The molecule has 92 valence electrons. The maximum Gasteiger partial charge on any atom is 0.233 e. The number of nitrogens with one attached hydrogen (secondary N) is 1. The van der Waals surface area contributed by atoms with E-state index in [0.29, 0.717) is 24.7 Å². The number of piperidine rings is 1. The summed E-state index contributed by atoms with van der Waals surface area (Å²) >= 11 is 0. The fourth-order valence-corrected chi connectivity index (χ4v) is 3.68. The van der Waals surface area contributed by atoms with Crippen molar-refractivity contribution in [1.82, 2.24) is 5.32 Å². The second-order valence-corrected chi connectivity index (χ2v) is 5.43. The summed E-state index contributed by atoms with van der Waals surface area (Å²) < 4.78 is 0. The third kappa shape index (κ3) is 1.73. The van der Waals surface area contributed by atoms with Gasteiger partial charge in [0.25, 0.3) is 0 Å². The summed E-state index contributed by atoms with van der Waals surface area (Å²) in [5.41, 5.74) is 0. The van der Waals surface area contributed by atoms with Crippen LogP contribution in [0.4, 0.5) is 0 Å². The number of amides is 1. The van der Waals surface area contributed by atoms with E-state index in [2.05, 4.69) is 17.5 Å². The molecule has 0 spiro atoms. The summed E-state index contributed by atoms with van der Waals surface area (Å²) in [6.45, 7) is 0. The number of allylic oxidation sites excluding steroid dienone is 2. The Morgan fingerprint density at radius 3 is 2.76 bits per heavy atom. The Bertz CT molecular complexity index is 393. The Morgan fingerprint density at radius 2 is 2.18 bits per heavy atom. The highest BCUT2D eigenvalue weighted by Gasteiger charge is 2.48. The lowest BCUT2D eigenvalue weighted by molar-refractivity contribution is -0.530. The van der Waals surface area contributed by atoms with Gasteiger partial charge in [0.15, 0.2) is 0 Å². The van der Waals surface area contributed by atoms with Gasteiger partial charge in [0.05, 0.1) is 6.04 Å². The maximum absolute atomic E-state index is 11.5. The van der Waals surface area contributed by atoms with Gasteiger partial charge in [-0.15, -0.1) is 0 Å². The Hall–Kier alpha value is -1.39. The number of rotatable bonds is 2. The van der Waals surface area contributed by atoms with Crippen LogP contribution in [0.2, 0.25) is 0 Å². The van der Waals surface area contributed by atoms with E-state index in [4.69, 9.17) is 0 Å². The number of hydrogen-bond acceptors (Lipinski definition) is 3. The molecular weight excluding hydrogens is 220 g/mol. The molecule has 0 aromatic carbocycles. The van der Waals surface area contributed by atoms with Crippen LogP contribution in [0.5, 0.6) is 0 Å². The van der Waals surface area contributed by atoms with E-state index < -0.39 is 6.04 Å². The highest BCUT2D eigenvalue weighted by molar-refractivity contribution is 5.77. The number of fused-ring (bicyclic) bond motifs is 2. The van der Waals surface area contributed by atoms with Gasteiger partial charge in [0.1, 0.15) is 0 Å². The molecule has 17 heavy (non-hydrogen) atoms. The molecule has 5 heteroatoms. The molecule has 2 aliphatic carbocycles. The molecule has 1 aliphatic heterocycles. The monoisotopic (exact) mass is 236 g/mol. The second-order valence-electron chi connectivity index (χ2n) is 5.43. The Morgan fingerprint density at radius 1 is 1.35 bits per heavy atom. The molecule has 5 nitrogen and oxygen atoms in total. The average Bonchev–Trinajstić information content (AvgIpc) is 2.90. The van der Waals surface area contributed by atoms with Crippen LogP contribution < -0.4 is 5.32 Å². The minimum atomic E-state index is -0.592. The van der Waals surface area contributed by atoms with Gasteiger partial charge in [0.2, 0.25) is 11.9 Å². The molecule has 5 atom stereocenters. The predicted octanol–water partition coefficient (Wildman–Crippen LogP) is 1.12. The lowest BCUT2D eigenvalue weighted by atomic mass is 9.80. The van der Waals surface area contributed by atoms with Gasteiger partial charge < -0.3 is 5.32 Å². The quantitative estimate of drug-likeness (QED) is 0.443. The number of carbonyl (C=O) groups excluding carboxylic acids is 1. The molecular formula is C12H16N2O3. The van der Waals surface area contributed by atoms with Crippen molar-refractivity contribution in [3.63, 3.8) is 0 Å². The molecule has 1 saturated carbocycles. The Labute approximate surface area is 99.4 Å². The smallest absolute Gasteiger partial charge is 0.233 e. The van der Waals surface area contributed by atoms with E-state index in [1.165, 1.54) is 0 Å². The third-order valence-electron chi connectivity index (χ3n) is 4.47. The summed E-state index contributed by atoms with van der Waals surface area (Å²) in [6, 6.07) is -0.850. The number of nitrogens with zero attached hydrogens (tertiary/aromatic N) is 1. The van der Waals surface area contributed by atoms with Crippen LogP contribution in [0.3, 0.4) is 0 Å². The van der Waals surface area contributed by atoms with E-state index >= 15 is 0 Å². The largest absolute Gasteiger partial charge is 0.346 e.